The first-order valence-electron chi connectivity index (χ1n) is 4.99. The van der Waals surface area contributed by atoms with E-state index >= 15 is 0 Å². The van der Waals surface area contributed by atoms with E-state index < -0.39 is 11.8 Å². The zero-order chi connectivity index (χ0) is 11.5. The molecule has 1 fully saturated rings. The maximum absolute atomic E-state index is 12.7. The third kappa shape index (κ3) is 2.66. The fourth-order valence-corrected chi connectivity index (χ4v) is 1.54. The molecule has 3 N–H and O–H groups in total. The van der Waals surface area contributed by atoms with Crippen LogP contribution in [0.1, 0.15) is 12.8 Å². The van der Waals surface area contributed by atoms with E-state index in [1.165, 1.54) is 12.3 Å². The summed E-state index contributed by atoms with van der Waals surface area (Å²) in [6, 6.07) is 0.767. The van der Waals surface area contributed by atoms with E-state index in [0.717, 1.165) is 6.20 Å². The highest BCUT2D eigenvalue weighted by Gasteiger charge is 2.28. The number of halogens is 1. The van der Waals surface area contributed by atoms with Crippen molar-refractivity contribution in [1.82, 2.24) is 10.3 Å². The quantitative estimate of drug-likeness (QED) is 0.699. The van der Waals surface area contributed by atoms with Crippen LogP contribution in [0.15, 0.2) is 18.5 Å². The predicted octanol–water partition coefficient (Wildman–Crippen LogP) is 0.865. The Morgan fingerprint density at radius 1 is 1.50 bits per heavy atom. The van der Waals surface area contributed by atoms with Gasteiger partial charge in [-0.3, -0.25) is 4.98 Å². The molecule has 1 aliphatic carbocycles. The van der Waals surface area contributed by atoms with Gasteiger partial charge in [0, 0.05) is 12.1 Å². The predicted molar refractivity (Wildman–Crippen MR) is 55.4 cm³/mol. The molecule has 1 saturated carbocycles. The van der Waals surface area contributed by atoms with Gasteiger partial charge in [0.05, 0.1) is 24.2 Å². The Morgan fingerprint density at radius 3 is 2.88 bits per heavy atom. The lowest BCUT2D eigenvalue weighted by Crippen LogP contribution is -2.48. The number of nitrogens with one attached hydrogen (secondary N) is 2. The number of urea groups is 1. The second kappa shape index (κ2) is 4.44. The number of aromatic nitrogens is 1. The molecule has 86 valence electrons. The summed E-state index contributed by atoms with van der Waals surface area (Å²) in [7, 11) is 0. The van der Waals surface area contributed by atoms with Crippen LogP contribution in [0.2, 0.25) is 0 Å². The maximum atomic E-state index is 12.7. The molecular weight excluding hydrogens is 213 g/mol. The molecule has 16 heavy (non-hydrogen) atoms. The first kappa shape index (κ1) is 10.8. The summed E-state index contributed by atoms with van der Waals surface area (Å²) < 4.78 is 12.7. The average molecular weight is 225 g/mol. The molecule has 0 saturated heterocycles. The van der Waals surface area contributed by atoms with E-state index in [1.54, 1.807) is 0 Å². The third-order valence-electron chi connectivity index (χ3n) is 2.41. The topological polar surface area (TPSA) is 74.2 Å². The zero-order valence-electron chi connectivity index (χ0n) is 8.48. The molecule has 0 radical (unpaired) electrons. The van der Waals surface area contributed by atoms with Gasteiger partial charge in [-0.05, 0) is 12.8 Å². The van der Waals surface area contributed by atoms with Crippen molar-refractivity contribution in [2.75, 3.05) is 5.32 Å². The van der Waals surface area contributed by atoms with E-state index in [1.807, 2.05) is 0 Å². The first-order chi connectivity index (χ1) is 7.63. The summed E-state index contributed by atoms with van der Waals surface area (Å²) in [6.07, 6.45) is 3.23. The Labute approximate surface area is 91.7 Å². The first-order valence-corrected chi connectivity index (χ1v) is 4.99. The molecule has 0 atom stereocenters. The Morgan fingerprint density at radius 2 is 2.25 bits per heavy atom. The van der Waals surface area contributed by atoms with Gasteiger partial charge in [0.2, 0.25) is 0 Å². The molecular formula is C10H12FN3O2. The van der Waals surface area contributed by atoms with Crippen LogP contribution in [0.25, 0.3) is 0 Å². The Kier molecular flexibility index (Phi) is 3.00. The fraction of sp³-hybridized carbons (Fsp3) is 0.400. The van der Waals surface area contributed by atoms with Gasteiger partial charge in [-0.2, -0.15) is 0 Å². The Hall–Kier alpha value is -1.69. The van der Waals surface area contributed by atoms with Crippen molar-refractivity contribution < 1.29 is 14.3 Å². The summed E-state index contributed by atoms with van der Waals surface area (Å²) in [6.45, 7) is 0. The van der Waals surface area contributed by atoms with E-state index in [-0.39, 0.29) is 12.1 Å². The average Bonchev–Trinajstić information content (AvgIpc) is 2.15. The zero-order valence-corrected chi connectivity index (χ0v) is 8.48. The Balaban J connectivity index is 1.83. The SMILES string of the molecule is O=C(Nc1cncc(F)c1)NC1CC(O)C1. The van der Waals surface area contributed by atoms with Crippen LogP contribution >= 0.6 is 0 Å². The normalized spacial score (nSPS) is 23.4. The molecule has 0 bridgehead atoms. The van der Waals surface area contributed by atoms with E-state index in [9.17, 15) is 9.18 Å². The number of pyridine rings is 1. The number of anilines is 1. The highest BCUT2D eigenvalue weighted by Crippen LogP contribution is 2.19. The number of aliphatic hydroxyl groups excluding tert-OH is 1. The van der Waals surface area contributed by atoms with Gasteiger partial charge in [-0.1, -0.05) is 0 Å². The number of hydrogen-bond donors (Lipinski definition) is 3. The van der Waals surface area contributed by atoms with Crippen molar-refractivity contribution in [2.45, 2.75) is 25.0 Å². The fourth-order valence-electron chi connectivity index (χ4n) is 1.54. The number of nitrogens with zero attached hydrogens (tertiary/aromatic N) is 1. The highest BCUT2D eigenvalue weighted by molar-refractivity contribution is 5.89. The summed E-state index contributed by atoms with van der Waals surface area (Å²) in [4.78, 5) is 15.0. The number of carbonyl (C=O) groups excluding carboxylic acids is 1. The van der Waals surface area contributed by atoms with Crippen molar-refractivity contribution in [3.63, 3.8) is 0 Å². The monoisotopic (exact) mass is 225 g/mol. The third-order valence-corrected chi connectivity index (χ3v) is 2.41. The molecule has 1 heterocycles. The van der Waals surface area contributed by atoms with Crippen molar-refractivity contribution >= 4 is 11.7 Å². The molecule has 5 nitrogen and oxygen atoms in total. The lowest BCUT2D eigenvalue weighted by molar-refractivity contribution is 0.0671. The van der Waals surface area contributed by atoms with Crippen LogP contribution in [-0.2, 0) is 0 Å². The van der Waals surface area contributed by atoms with Gasteiger partial charge in [-0.25, -0.2) is 9.18 Å². The molecule has 1 aromatic heterocycles. The lowest BCUT2D eigenvalue weighted by atomic mass is 9.90. The van der Waals surface area contributed by atoms with Crippen LogP contribution in [0, 0.1) is 5.82 Å². The number of aliphatic hydroxyl groups is 1. The molecule has 6 heteroatoms. The van der Waals surface area contributed by atoms with Crippen molar-refractivity contribution in [1.29, 1.82) is 0 Å². The number of rotatable bonds is 2. The van der Waals surface area contributed by atoms with Crippen molar-refractivity contribution in [3.05, 3.63) is 24.3 Å². The number of hydrogen-bond acceptors (Lipinski definition) is 3. The molecule has 0 unspecified atom stereocenters. The summed E-state index contributed by atoms with van der Waals surface area (Å²) in [5, 5.41) is 14.1. The van der Waals surface area contributed by atoms with Gasteiger partial charge in [0.15, 0.2) is 0 Å². The second-order valence-electron chi connectivity index (χ2n) is 3.81. The summed E-state index contributed by atoms with van der Waals surface area (Å²) in [5.74, 6) is -0.503. The van der Waals surface area contributed by atoms with E-state index in [2.05, 4.69) is 15.6 Å². The maximum Gasteiger partial charge on any atom is 0.319 e. The molecule has 0 spiro atoms. The number of carbonyl (C=O) groups is 1. The largest absolute Gasteiger partial charge is 0.393 e. The van der Waals surface area contributed by atoms with E-state index in [0.29, 0.717) is 18.5 Å². The molecule has 2 amide bonds. The molecule has 0 aromatic carbocycles. The standard InChI is InChI=1S/C10H12FN3O2/c11-6-1-8(5-12-4-6)14-10(16)13-7-2-9(15)3-7/h1,4-5,7,9,15H,2-3H2,(H2,13,14,16). The van der Waals surface area contributed by atoms with E-state index in [4.69, 9.17) is 5.11 Å². The van der Waals surface area contributed by atoms with Crippen LogP contribution in [0.3, 0.4) is 0 Å². The smallest absolute Gasteiger partial charge is 0.319 e. The lowest BCUT2D eigenvalue weighted by Gasteiger charge is -2.31. The van der Waals surface area contributed by atoms with Crippen molar-refractivity contribution in [3.8, 4) is 0 Å². The van der Waals surface area contributed by atoms with Gasteiger partial charge < -0.3 is 15.7 Å². The van der Waals surface area contributed by atoms with Gasteiger partial charge in [0.1, 0.15) is 5.82 Å². The minimum absolute atomic E-state index is 0.00322. The van der Waals surface area contributed by atoms with Gasteiger partial charge >= 0.3 is 6.03 Å². The van der Waals surface area contributed by atoms with Crippen LogP contribution < -0.4 is 10.6 Å². The van der Waals surface area contributed by atoms with Gasteiger partial charge in [0.25, 0.3) is 0 Å². The Bertz CT molecular complexity index is 393. The molecule has 2 rings (SSSR count). The minimum Gasteiger partial charge on any atom is -0.393 e. The van der Waals surface area contributed by atoms with Crippen molar-refractivity contribution in [2.24, 2.45) is 0 Å². The van der Waals surface area contributed by atoms with Crippen LogP contribution in [0.4, 0.5) is 14.9 Å². The van der Waals surface area contributed by atoms with Crippen LogP contribution in [0.5, 0.6) is 0 Å². The summed E-state index contributed by atoms with van der Waals surface area (Å²) >= 11 is 0. The molecule has 0 aliphatic heterocycles. The minimum atomic E-state index is -0.503. The highest BCUT2D eigenvalue weighted by atomic mass is 19.1. The van der Waals surface area contributed by atoms with Gasteiger partial charge in [-0.15, -0.1) is 0 Å². The molecule has 1 aromatic rings. The molecule has 1 aliphatic rings. The van der Waals surface area contributed by atoms with Crippen LogP contribution in [-0.4, -0.2) is 28.3 Å². The second-order valence-corrected chi connectivity index (χ2v) is 3.81. The number of amides is 2. The summed E-state index contributed by atoms with van der Waals surface area (Å²) in [5.41, 5.74) is 0.303.